The van der Waals surface area contributed by atoms with Crippen LogP contribution >= 0.6 is 0 Å². The first-order valence-electron chi connectivity index (χ1n) is 7.57. The van der Waals surface area contributed by atoms with Gasteiger partial charge in [0.05, 0.1) is 0 Å². The Balaban J connectivity index is 1.58. The normalized spacial score (nSPS) is 45.6. The highest BCUT2D eigenvalue weighted by atomic mass is 15.2. The molecule has 2 aliphatic carbocycles. The zero-order valence-electron chi connectivity index (χ0n) is 10.8. The molecule has 0 spiro atoms. The summed E-state index contributed by atoms with van der Waals surface area (Å²) in [7, 11) is 0. The minimum Gasteiger partial charge on any atom is -0.300 e. The molecule has 1 heterocycles. The van der Waals surface area contributed by atoms with Gasteiger partial charge >= 0.3 is 0 Å². The molecule has 2 saturated carbocycles. The Bertz CT molecular complexity index is 238. The average molecular weight is 221 g/mol. The number of likely N-dealkylation sites (tertiary alicyclic amines) is 1. The van der Waals surface area contributed by atoms with Crippen molar-refractivity contribution in [2.75, 3.05) is 13.1 Å². The molecule has 92 valence electrons. The molecule has 0 bridgehead atoms. The molecule has 3 fully saturated rings. The highest BCUT2D eigenvalue weighted by Gasteiger charge is 2.35. The fraction of sp³-hybridized carbons (Fsp3) is 1.00. The second-order valence-electron chi connectivity index (χ2n) is 6.66. The number of hydrogen-bond acceptors (Lipinski definition) is 1. The summed E-state index contributed by atoms with van der Waals surface area (Å²) in [4.78, 5) is 2.81. The second-order valence-corrected chi connectivity index (χ2v) is 6.66. The van der Waals surface area contributed by atoms with Gasteiger partial charge in [-0.25, -0.2) is 0 Å². The molecule has 0 radical (unpaired) electrons. The topological polar surface area (TPSA) is 3.24 Å². The van der Waals surface area contributed by atoms with Gasteiger partial charge in [0.15, 0.2) is 0 Å². The van der Waals surface area contributed by atoms with Crippen LogP contribution in [0, 0.1) is 17.8 Å². The van der Waals surface area contributed by atoms with Crippen LogP contribution < -0.4 is 0 Å². The van der Waals surface area contributed by atoms with Crippen LogP contribution in [-0.2, 0) is 0 Å². The van der Waals surface area contributed by atoms with E-state index in [0.717, 1.165) is 23.8 Å². The maximum Gasteiger partial charge on any atom is 0.00982 e. The van der Waals surface area contributed by atoms with E-state index in [4.69, 9.17) is 0 Å². The van der Waals surface area contributed by atoms with Gasteiger partial charge in [0.25, 0.3) is 0 Å². The molecule has 0 amide bonds. The zero-order valence-corrected chi connectivity index (χ0v) is 10.8. The zero-order chi connectivity index (χ0) is 11.0. The van der Waals surface area contributed by atoms with Crippen LogP contribution in [0.15, 0.2) is 0 Å². The molecule has 0 aromatic carbocycles. The molecular formula is C15H27N. The van der Waals surface area contributed by atoms with Crippen molar-refractivity contribution in [2.24, 2.45) is 17.8 Å². The standard InChI is InChI=1S/C15H27N/c1-12-8-9-16(11-12)15-7-6-13-4-2-3-5-14(13)10-15/h12-15H,2-11H2,1H3. The molecule has 0 aromatic rings. The third kappa shape index (κ3) is 2.16. The molecule has 3 aliphatic rings. The van der Waals surface area contributed by atoms with Gasteiger partial charge in [-0.2, -0.15) is 0 Å². The lowest BCUT2D eigenvalue weighted by molar-refractivity contribution is 0.0860. The summed E-state index contributed by atoms with van der Waals surface area (Å²) in [5.74, 6) is 3.18. The first-order chi connectivity index (χ1) is 7.83. The Labute approximate surface area is 101 Å². The lowest BCUT2D eigenvalue weighted by atomic mass is 9.69. The monoisotopic (exact) mass is 221 g/mol. The molecule has 3 rings (SSSR count). The SMILES string of the molecule is CC1CCN(C2CCC3CCCCC3C2)C1. The smallest absolute Gasteiger partial charge is 0.00982 e. The predicted octanol–water partition coefficient (Wildman–Crippen LogP) is 3.69. The Morgan fingerprint density at radius 2 is 1.69 bits per heavy atom. The van der Waals surface area contributed by atoms with Crippen molar-refractivity contribution in [3.05, 3.63) is 0 Å². The van der Waals surface area contributed by atoms with Crippen LogP contribution in [0.25, 0.3) is 0 Å². The van der Waals surface area contributed by atoms with Crippen LogP contribution in [0.3, 0.4) is 0 Å². The van der Waals surface area contributed by atoms with E-state index in [-0.39, 0.29) is 0 Å². The van der Waals surface area contributed by atoms with Crippen molar-refractivity contribution in [1.82, 2.24) is 4.90 Å². The summed E-state index contributed by atoms with van der Waals surface area (Å²) >= 11 is 0. The van der Waals surface area contributed by atoms with Crippen molar-refractivity contribution in [1.29, 1.82) is 0 Å². The third-order valence-corrected chi connectivity index (χ3v) is 5.48. The van der Waals surface area contributed by atoms with Crippen molar-refractivity contribution < 1.29 is 0 Å². The summed E-state index contributed by atoms with van der Waals surface area (Å²) in [6.45, 7) is 5.21. The van der Waals surface area contributed by atoms with Gasteiger partial charge < -0.3 is 4.90 Å². The van der Waals surface area contributed by atoms with E-state index in [1.54, 1.807) is 19.3 Å². The summed E-state index contributed by atoms with van der Waals surface area (Å²) in [6, 6.07) is 0.962. The number of hydrogen-bond donors (Lipinski definition) is 0. The summed E-state index contributed by atoms with van der Waals surface area (Å²) in [6.07, 6.45) is 12.2. The van der Waals surface area contributed by atoms with Gasteiger partial charge in [0.1, 0.15) is 0 Å². The van der Waals surface area contributed by atoms with E-state index < -0.39 is 0 Å². The van der Waals surface area contributed by atoms with Crippen LogP contribution in [0.5, 0.6) is 0 Å². The maximum absolute atomic E-state index is 2.81. The number of rotatable bonds is 1. The number of nitrogens with zero attached hydrogens (tertiary/aromatic N) is 1. The first-order valence-corrected chi connectivity index (χ1v) is 7.57. The first kappa shape index (κ1) is 11.1. The second kappa shape index (κ2) is 4.68. The van der Waals surface area contributed by atoms with Gasteiger partial charge in [0, 0.05) is 12.6 Å². The van der Waals surface area contributed by atoms with Crippen LogP contribution in [0.1, 0.15) is 58.3 Å². The van der Waals surface area contributed by atoms with E-state index in [0.29, 0.717) is 0 Å². The van der Waals surface area contributed by atoms with Crippen molar-refractivity contribution in [3.8, 4) is 0 Å². The molecule has 4 atom stereocenters. The molecule has 4 unspecified atom stereocenters. The molecule has 0 aromatic heterocycles. The fourth-order valence-corrected chi connectivity index (χ4v) is 4.48. The van der Waals surface area contributed by atoms with Crippen LogP contribution in [0.4, 0.5) is 0 Å². The summed E-state index contributed by atoms with van der Waals surface area (Å²) in [5.41, 5.74) is 0. The summed E-state index contributed by atoms with van der Waals surface area (Å²) in [5, 5.41) is 0. The van der Waals surface area contributed by atoms with Gasteiger partial charge in [0.2, 0.25) is 0 Å². The quantitative estimate of drug-likeness (QED) is 0.653. The van der Waals surface area contributed by atoms with Gasteiger partial charge in [-0.3, -0.25) is 0 Å². The molecule has 16 heavy (non-hydrogen) atoms. The van der Waals surface area contributed by atoms with Gasteiger partial charge in [-0.15, -0.1) is 0 Å². The van der Waals surface area contributed by atoms with E-state index in [9.17, 15) is 0 Å². The van der Waals surface area contributed by atoms with Crippen molar-refractivity contribution in [3.63, 3.8) is 0 Å². The van der Waals surface area contributed by atoms with Crippen molar-refractivity contribution >= 4 is 0 Å². The molecule has 0 N–H and O–H groups in total. The average Bonchev–Trinajstić information content (AvgIpc) is 2.75. The van der Waals surface area contributed by atoms with E-state index in [1.165, 1.54) is 45.2 Å². The van der Waals surface area contributed by atoms with Crippen molar-refractivity contribution in [2.45, 2.75) is 64.3 Å². The van der Waals surface area contributed by atoms with E-state index >= 15 is 0 Å². The highest BCUT2D eigenvalue weighted by Crippen LogP contribution is 2.42. The highest BCUT2D eigenvalue weighted by molar-refractivity contribution is 4.89. The van der Waals surface area contributed by atoms with E-state index in [2.05, 4.69) is 11.8 Å². The van der Waals surface area contributed by atoms with E-state index in [1.807, 2.05) is 0 Å². The maximum atomic E-state index is 2.81. The molecule has 1 saturated heterocycles. The Kier molecular flexibility index (Phi) is 3.24. The minimum absolute atomic E-state index is 0.962. The largest absolute Gasteiger partial charge is 0.300 e. The fourth-order valence-electron chi connectivity index (χ4n) is 4.48. The van der Waals surface area contributed by atoms with Gasteiger partial charge in [-0.1, -0.05) is 32.6 Å². The molecule has 1 heteroatoms. The predicted molar refractivity (Wildman–Crippen MR) is 68.4 cm³/mol. The third-order valence-electron chi connectivity index (χ3n) is 5.48. The number of fused-ring (bicyclic) bond motifs is 1. The van der Waals surface area contributed by atoms with Gasteiger partial charge in [-0.05, 0) is 50.0 Å². The molecular weight excluding hydrogens is 194 g/mol. The van der Waals surface area contributed by atoms with Crippen LogP contribution in [-0.4, -0.2) is 24.0 Å². The Morgan fingerprint density at radius 1 is 0.875 bits per heavy atom. The lowest BCUT2D eigenvalue weighted by Crippen LogP contribution is -2.40. The minimum atomic E-state index is 0.962. The summed E-state index contributed by atoms with van der Waals surface area (Å²) < 4.78 is 0. The molecule has 1 nitrogen and oxygen atoms in total. The Hall–Kier alpha value is -0.0400. The lowest BCUT2D eigenvalue weighted by Gasteiger charge is -2.42. The Morgan fingerprint density at radius 3 is 2.44 bits per heavy atom. The molecule has 1 aliphatic heterocycles. The van der Waals surface area contributed by atoms with Crippen LogP contribution in [0.2, 0.25) is 0 Å².